The number of anilines is 1. The van der Waals surface area contributed by atoms with Gasteiger partial charge in [-0.3, -0.25) is 9.69 Å². The Bertz CT molecular complexity index is 731. The Kier molecular flexibility index (Phi) is 5.99. The van der Waals surface area contributed by atoms with Gasteiger partial charge in [-0.25, -0.2) is 12.7 Å². The van der Waals surface area contributed by atoms with E-state index in [9.17, 15) is 13.2 Å². The first-order valence-electron chi connectivity index (χ1n) is 9.41. The lowest BCUT2D eigenvalue weighted by molar-refractivity contribution is -0.118. The fourth-order valence-corrected chi connectivity index (χ4v) is 5.05. The Labute approximate surface area is 156 Å². The molecule has 6 nitrogen and oxygen atoms in total. The lowest BCUT2D eigenvalue weighted by atomic mass is 9.75. The second kappa shape index (κ2) is 8.06. The number of likely N-dealkylation sites (tertiary alicyclic amines) is 1. The highest BCUT2D eigenvalue weighted by molar-refractivity contribution is 7.89. The topological polar surface area (TPSA) is 69.7 Å². The van der Waals surface area contributed by atoms with Crippen LogP contribution >= 0.6 is 0 Å². The van der Waals surface area contributed by atoms with E-state index < -0.39 is 10.0 Å². The van der Waals surface area contributed by atoms with Gasteiger partial charge in [-0.2, -0.15) is 0 Å². The molecular weight excluding hydrogens is 350 g/mol. The van der Waals surface area contributed by atoms with Crippen LogP contribution in [-0.2, 0) is 14.8 Å². The van der Waals surface area contributed by atoms with Gasteiger partial charge in [-0.1, -0.05) is 19.3 Å². The van der Waals surface area contributed by atoms with Crippen molar-refractivity contribution in [1.82, 2.24) is 9.21 Å². The Morgan fingerprint density at radius 3 is 2.42 bits per heavy atom. The van der Waals surface area contributed by atoms with Crippen LogP contribution in [0.25, 0.3) is 0 Å². The van der Waals surface area contributed by atoms with Crippen LogP contribution in [0.3, 0.4) is 0 Å². The van der Waals surface area contributed by atoms with Crippen LogP contribution in [0.1, 0.15) is 32.1 Å². The summed E-state index contributed by atoms with van der Waals surface area (Å²) in [5.41, 5.74) is 0.625. The predicted molar refractivity (Wildman–Crippen MR) is 102 cm³/mol. The molecule has 1 aromatic carbocycles. The summed E-state index contributed by atoms with van der Waals surface area (Å²) >= 11 is 0. The first-order valence-corrected chi connectivity index (χ1v) is 10.8. The summed E-state index contributed by atoms with van der Waals surface area (Å²) in [6.45, 7) is 2.42. The Hall–Kier alpha value is -1.44. The zero-order valence-electron chi connectivity index (χ0n) is 15.6. The van der Waals surface area contributed by atoms with Gasteiger partial charge in [0.2, 0.25) is 15.9 Å². The van der Waals surface area contributed by atoms with Crippen molar-refractivity contribution >= 4 is 21.6 Å². The standard InChI is InChI=1S/C19H29N3O3S/c1-21(2)26(24,25)18-9-7-17(8-10-18)20-19(23)14-22-12-11-15-5-3-4-6-16(15)13-22/h7-10,15-16H,3-6,11-14H2,1-2H3,(H,20,23)/t15-,16+/m0/s1. The Morgan fingerprint density at radius 2 is 1.77 bits per heavy atom. The van der Waals surface area contributed by atoms with E-state index in [1.807, 2.05) is 0 Å². The van der Waals surface area contributed by atoms with Gasteiger partial charge in [0, 0.05) is 26.3 Å². The fraction of sp³-hybridized carbons (Fsp3) is 0.632. The summed E-state index contributed by atoms with van der Waals surface area (Å²) in [5, 5.41) is 2.88. The molecule has 1 amide bonds. The van der Waals surface area contributed by atoms with E-state index in [1.165, 1.54) is 62.6 Å². The molecule has 1 N–H and O–H groups in total. The Balaban J connectivity index is 1.53. The van der Waals surface area contributed by atoms with Crippen LogP contribution < -0.4 is 5.32 Å². The summed E-state index contributed by atoms with van der Waals surface area (Å²) in [4.78, 5) is 14.8. The molecule has 0 aromatic heterocycles. The molecule has 1 aliphatic heterocycles. The largest absolute Gasteiger partial charge is 0.325 e. The lowest BCUT2D eigenvalue weighted by Crippen LogP contribution is -2.44. The smallest absolute Gasteiger partial charge is 0.242 e. The molecule has 7 heteroatoms. The van der Waals surface area contributed by atoms with Crippen molar-refractivity contribution in [3.8, 4) is 0 Å². The molecule has 0 unspecified atom stereocenters. The van der Waals surface area contributed by atoms with Crippen molar-refractivity contribution < 1.29 is 13.2 Å². The van der Waals surface area contributed by atoms with Gasteiger partial charge in [0.1, 0.15) is 0 Å². The van der Waals surface area contributed by atoms with E-state index in [2.05, 4.69) is 10.2 Å². The van der Waals surface area contributed by atoms with E-state index in [0.29, 0.717) is 12.2 Å². The summed E-state index contributed by atoms with van der Waals surface area (Å²) < 4.78 is 25.3. The molecule has 0 bridgehead atoms. The van der Waals surface area contributed by atoms with E-state index in [0.717, 1.165) is 24.9 Å². The number of carbonyl (C=O) groups excluding carboxylic acids is 1. The SMILES string of the molecule is CN(C)S(=O)(=O)c1ccc(NC(=O)CN2CC[C@@H]3CCCC[C@@H]3C2)cc1. The van der Waals surface area contributed by atoms with Gasteiger partial charge in [0.25, 0.3) is 0 Å². The zero-order valence-corrected chi connectivity index (χ0v) is 16.5. The molecule has 2 fully saturated rings. The van der Waals surface area contributed by atoms with E-state index in [4.69, 9.17) is 0 Å². The number of hydrogen-bond acceptors (Lipinski definition) is 4. The van der Waals surface area contributed by atoms with Crippen molar-refractivity contribution in [2.24, 2.45) is 11.8 Å². The average molecular weight is 380 g/mol. The third-order valence-corrected chi connectivity index (χ3v) is 7.49. The molecule has 1 aliphatic carbocycles. The number of rotatable bonds is 5. The number of sulfonamides is 1. The monoisotopic (exact) mass is 379 g/mol. The molecule has 1 saturated heterocycles. The molecule has 144 valence electrons. The van der Waals surface area contributed by atoms with Crippen LogP contribution in [0.5, 0.6) is 0 Å². The highest BCUT2D eigenvalue weighted by atomic mass is 32.2. The van der Waals surface area contributed by atoms with Crippen LogP contribution in [0, 0.1) is 11.8 Å². The van der Waals surface area contributed by atoms with Crippen molar-refractivity contribution in [3.05, 3.63) is 24.3 Å². The molecule has 2 atom stereocenters. The predicted octanol–water partition coefficient (Wildman–Crippen LogP) is 2.39. The molecule has 2 aliphatic rings. The van der Waals surface area contributed by atoms with Crippen molar-refractivity contribution in [1.29, 1.82) is 0 Å². The maximum atomic E-state index is 12.4. The normalized spacial score (nSPS) is 24.3. The molecule has 1 aromatic rings. The number of carbonyl (C=O) groups is 1. The first kappa shape index (κ1) is 19.3. The summed E-state index contributed by atoms with van der Waals surface area (Å²) in [5.74, 6) is 1.57. The molecule has 3 rings (SSSR count). The summed E-state index contributed by atoms with van der Waals surface area (Å²) in [7, 11) is -0.443. The van der Waals surface area contributed by atoms with Gasteiger partial charge in [-0.05, 0) is 55.5 Å². The van der Waals surface area contributed by atoms with Crippen molar-refractivity contribution in [2.75, 3.05) is 39.0 Å². The molecular formula is C19H29N3O3S. The minimum absolute atomic E-state index is 0.0394. The molecule has 0 radical (unpaired) electrons. The number of nitrogens with one attached hydrogen (secondary N) is 1. The average Bonchev–Trinajstić information content (AvgIpc) is 2.62. The van der Waals surface area contributed by atoms with Crippen molar-refractivity contribution in [3.63, 3.8) is 0 Å². The van der Waals surface area contributed by atoms with Crippen LogP contribution in [0.2, 0.25) is 0 Å². The van der Waals surface area contributed by atoms with Gasteiger partial charge < -0.3 is 5.32 Å². The maximum Gasteiger partial charge on any atom is 0.242 e. The minimum atomic E-state index is -3.44. The number of hydrogen-bond donors (Lipinski definition) is 1. The first-order chi connectivity index (χ1) is 12.4. The van der Waals surface area contributed by atoms with Crippen LogP contribution in [-0.4, -0.2) is 57.3 Å². The number of nitrogens with zero attached hydrogens (tertiary/aromatic N) is 2. The molecule has 26 heavy (non-hydrogen) atoms. The minimum Gasteiger partial charge on any atom is -0.325 e. The third-order valence-electron chi connectivity index (χ3n) is 5.66. The van der Waals surface area contributed by atoms with Crippen LogP contribution in [0.15, 0.2) is 29.2 Å². The highest BCUT2D eigenvalue weighted by Crippen LogP contribution is 2.35. The van der Waals surface area contributed by atoms with Gasteiger partial charge >= 0.3 is 0 Å². The third kappa shape index (κ3) is 4.45. The highest BCUT2D eigenvalue weighted by Gasteiger charge is 2.31. The molecule has 1 heterocycles. The maximum absolute atomic E-state index is 12.4. The number of fused-ring (bicyclic) bond motifs is 1. The van der Waals surface area contributed by atoms with E-state index in [-0.39, 0.29) is 10.8 Å². The van der Waals surface area contributed by atoms with Crippen molar-refractivity contribution in [2.45, 2.75) is 37.0 Å². The number of amides is 1. The summed E-state index contributed by atoms with van der Waals surface area (Å²) in [6.07, 6.45) is 6.54. The second-order valence-corrected chi connectivity index (χ2v) is 9.84. The molecule has 0 spiro atoms. The Morgan fingerprint density at radius 1 is 1.12 bits per heavy atom. The second-order valence-electron chi connectivity index (χ2n) is 7.69. The number of piperidine rings is 1. The molecule has 1 saturated carbocycles. The van der Waals surface area contributed by atoms with Crippen LogP contribution in [0.4, 0.5) is 5.69 Å². The van der Waals surface area contributed by atoms with E-state index in [1.54, 1.807) is 12.1 Å². The van der Waals surface area contributed by atoms with E-state index >= 15 is 0 Å². The quantitative estimate of drug-likeness (QED) is 0.853. The lowest BCUT2D eigenvalue weighted by Gasteiger charge is -2.41. The summed E-state index contributed by atoms with van der Waals surface area (Å²) in [6, 6.07) is 6.33. The fourth-order valence-electron chi connectivity index (χ4n) is 4.14. The van der Waals surface area contributed by atoms with Gasteiger partial charge in [0.15, 0.2) is 0 Å². The van der Waals surface area contributed by atoms with Gasteiger partial charge in [0.05, 0.1) is 11.4 Å². The number of benzene rings is 1. The zero-order chi connectivity index (χ0) is 18.7. The van der Waals surface area contributed by atoms with Gasteiger partial charge in [-0.15, -0.1) is 0 Å².